The van der Waals surface area contributed by atoms with Gasteiger partial charge in [0.15, 0.2) is 0 Å². The van der Waals surface area contributed by atoms with E-state index in [1.807, 2.05) is 20.8 Å². The van der Waals surface area contributed by atoms with E-state index in [0.717, 1.165) is 0 Å². The van der Waals surface area contributed by atoms with Crippen molar-refractivity contribution < 1.29 is 20.1 Å². The van der Waals surface area contributed by atoms with Crippen molar-refractivity contribution in [3.05, 3.63) is 0 Å². The Morgan fingerprint density at radius 2 is 1.53 bits per heavy atom. The smallest absolute Gasteiger partial charge is 0.237 e. The Labute approximate surface area is 102 Å². The summed E-state index contributed by atoms with van der Waals surface area (Å²) in [7, 11) is 0. The van der Waals surface area contributed by atoms with Gasteiger partial charge in [0.1, 0.15) is 0 Å². The summed E-state index contributed by atoms with van der Waals surface area (Å²) in [5.41, 5.74) is -1.60. The topological polar surface area (TPSA) is 102 Å². The molecule has 0 bridgehead atoms. The van der Waals surface area contributed by atoms with Crippen LogP contribution < -0.4 is 10.6 Å². The molecule has 0 aliphatic heterocycles. The molecule has 0 aromatic rings. The maximum atomic E-state index is 11.8. The molecule has 0 spiro atoms. The first-order valence-electron chi connectivity index (χ1n) is 5.62. The lowest BCUT2D eigenvalue weighted by molar-refractivity contribution is -0.125. The maximum Gasteiger partial charge on any atom is 0.237 e. The SMILES string of the molecule is CC(NC(CO)(CO)CO)C(=O)NC(C)(C)C. The van der Waals surface area contributed by atoms with Crippen molar-refractivity contribution in [2.45, 2.75) is 44.8 Å². The third-order valence-corrected chi connectivity index (χ3v) is 2.32. The number of amides is 1. The molecule has 1 unspecified atom stereocenters. The van der Waals surface area contributed by atoms with Crippen LogP contribution in [0.15, 0.2) is 0 Å². The Bertz CT molecular complexity index is 238. The van der Waals surface area contributed by atoms with E-state index in [4.69, 9.17) is 15.3 Å². The molecule has 0 aliphatic carbocycles. The van der Waals surface area contributed by atoms with Gasteiger partial charge < -0.3 is 20.6 Å². The fraction of sp³-hybridized carbons (Fsp3) is 0.909. The molecule has 17 heavy (non-hydrogen) atoms. The molecule has 6 nitrogen and oxygen atoms in total. The van der Waals surface area contributed by atoms with Gasteiger partial charge >= 0.3 is 0 Å². The van der Waals surface area contributed by atoms with Crippen LogP contribution in [0.25, 0.3) is 0 Å². The minimum absolute atomic E-state index is 0.253. The van der Waals surface area contributed by atoms with Crippen molar-refractivity contribution in [3.8, 4) is 0 Å². The molecule has 0 aromatic carbocycles. The first kappa shape index (κ1) is 16.3. The zero-order chi connectivity index (χ0) is 13.7. The zero-order valence-electron chi connectivity index (χ0n) is 10.9. The Hall–Kier alpha value is -0.690. The first-order valence-corrected chi connectivity index (χ1v) is 5.62. The van der Waals surface area contributed by atoms with E-state index in [2.05, 4.69) is 10.6 Å². The van der Waals surface area contributed by atoms with Crippen molar-refractivity contribution in [3.63, 3.8) is 0 Å². The van der Waals surface area contributed by atoms with E-state index in [1.165, 1.54) is 0 Å². The number of rotatable bonds is 6. The normalized spacial score (nSPS) is 14.5. The summed E-state index contributed by atoms with van der Waals surface area (Å²) >= 11 is 0. The summed E-state index contributed by atoms with van der Waals surface area (Å²) < 4.78 is 0. The molecule has 0 aliphatic rings. The van der Waals surface area contributed by atoms with Crippen LogP contribution in [-0.2, 0) is 4.79 Å². The largest absolute Gasteiger partial charge is 0.394 e. The van der Waals surface area contributed by atoms with E-state index in [1.54, 1.807) is 6.92 Å². The quantitative estimate of drug-likeness (QED) is 0.398. The highest BCUT2D eigenvalue weighted by molar-refractivity contribution is 5.82. The van der Waals surface area contributed by atoms with Crippen LogP contribution in [0, 0.1) is 0 Å². The van der Waals surface area contributed by atoms with Gasteiger partial charge in [-0.1, -0.05) is 0 Å². The number of hydrogen-bond acceptors (Lipinski definition) is 5. The van der Waals surface area contributed by atoms with Crippen LogP contribution in [0.5, 0.6) is 0 Å². The van der Waals surface area contributed by atoms with Gasteiger partial charge in [0.2, 0.25) is 5.91 Å². The molecule has 102 valence electrons. The average molecular weight is 248 g/mol. The van der Waals surface area contributed by atoms with E-state index in [9.17, 15) is 4.79 Å². The second-order valence-electron chi connectivity index (χ2n) is 5.36. The number of aliphatic hydroxyl groups excluding tert-OH is 3. The average Bonchev–Trinajstić information content (AvgIpc) is 2.23. The molecule has 1 amide bonds. The number of hydrogen-bond donors (Lipinski definition) is 5. The number of aliphatic hydroxyl groups is 3. The summed E-state index contributed by atoms with van der Waals surface area (Å²) in [6, 6.07) is -0.624. The van der Waals surface area contributed by atoms with Gasteiger partial charge in [0, 0.05) is 5.54 Å². The second-order valence-corrected chi connectivity index (χ2v) is 5.36. The summed E-state index contributed by atoms with van der Waals surface area (Å²) in [6.45, 7) is 5.82. The van der Waals surface area contributed by atoms with Crippen LogP contribution in [0.3, 0.4) is 0 Å². The predicted octanol–water partition coefficient (Wildman–Crippen LogP) is -1.41. The molecular formula is C11H24N2O4. The highest BCUT2D eigenvalue weighted by atomic mass is 16.3. The number of carbonyl (C=O) groups excluding carboxylic acids is 1. The van der Waals surface area contributed by atoms with Crippen molar-refractivity contribution in [2.24, 2.45) is 0 Å². The lowest BCUT2D eigenvalue weighted by atomic mass is 10.0. The molecule has 0 saturated carbocycles. The molecule has 6 heteroatoms. The lowest BCUT2D eigenvalue weighted by Gasteiger charge is -2.33. The monoisotopic (exact) mass is 248 g/mol. The first-order chi connectivity index (χ1) is 7.69. The van der Waals surface area contributed by atoms with Crippen molar-refractivity contribution in [1.29, 1.82) is 0 Å². The lowest BCUT2D eigenvalue weighted by Crippen LogP contribution is -2.62. The van der Waals surface area contributed by atoms with Crippen LogP contribution in [-0.4, -0.2) is 58.2 Å². The van der Waals surface area contributed by atoms with Gasteiger partial charge in [-0.3, -0.25) is 10.1 Å². The molecular weight excluding hydrogens is 224 g/mol. The van der Waals surface area contributed by atoms with E-state index < -0.39 is 31.4 Å². The van der Waals surface area contributed by atoms with Crippen LogP contribution >= 0.6 is 0 Å². The maximum absolute atomic E-state index is 11.8. The predicted molar refractivity (Wildman–Crippen MR) is 64.5 cm³/mol. The van der Waals surface area contributed by atoms with E-state index in [-0.39, 0.29) is 11.4 Å². The number of carbonyl (C=O) groups is 1. The highest BCUT2D eigenvalue weighted by Crippen LogP contribution is 2.05. The minimum atomic E-state index is -1.24. The van der Waals surface area contributed by atoms with Gasteiger partial charge in [-0.15, -0.1) is 0 Å². The standard InChI is InChI=1S/C11H24N2O4/c1-8(9(17)13-10(2,3)4)12-11(5-14,6-15)7-16/h8,12,14-16H,5-7H2,1-4H3,(H,13,17). The fourth-order valence-corrected chi connectivity index (χ4v) is 1.29. The Morgan fingerprint density at radius 3 is 1.82 bits per heavy atom. The van der Waals surface area contributed by atoms with Crippen molar-refractivity contribution >= 4 is 5.91 Å². The molecule has 1 atom stereocenters. The van der Waals surface area contributed by atoms with Gasteiger partial charge in [-0.2, -0.15) is 0 Å². The Morgan fingerprint density at radius 1 is 1.12 bits per heavy atom. The Balaban J connectivity index is 4.51. The summed E-state index contributed by atoms with van der Waals surface area (Å²) in [4.78, 5) is 11.8. The second kappa shape index (κ2) is 6.30. The van der Waals surface area contributed by atoms with Crippen LogP contribution in [0.2, 0.25) is 0 Å². The minimum Gasteiger partial charge on any atom is -0.394 e. The zero-order valence-corrected chi connectivity index (χ0v) is 10.9. The molecule has 0 saturated heterocycles. The third kappa shape index (κ3) is 5.45. The van der Waals surface area contributed by atoms with Crippen LogP contribution in [0.1, 0.15) is 27.7 Å². The van der Waals surface area contributed by atoms with E-state index in [0.29, 0.717) is 0 Å². The van der Waals surface area contributed by atoms with E-state index >= 15 is 0 Å². The molecule has 0 rings (SSSR count). The summed E-state index contributed by atoms with van der Waals surface area (Å²) in [5.74, 6) is -0.253. The third-order valence-electron chi connectivity index (χ3n) is 2.32. The Kier molecular flexibility index (Phi) is 6.04. The van der Waals surface area contributed by atoms with Gasteiger partial charge in [0.25, 0.3) is 0 Å². The summed E-state index contributed by atoms with van der Waals surface area (Å²) in [6.07, 6.45) is 0. The van der Waals surface area contributed by atoms with Gasteiger partial charge in [-0.05, 0) is 27.7 Å². The van der Waals surface area contributed by atoms with Gasteiger partial charge in [-0.25, -0.2) is 0 Å². The highest BCUT2D eigenvalue weighted by Gasteiger charge is 2.32. The molecule has 0 heterocycles. The summed E-state index contributed by atoms with van der Waals surface area (Å²) in [5, 5.41) is 32.9. The number of nitrogens with one attached hydrogen (secondary N) is 2. The molecule has 5 N–H and O–H groups in total. The molecule has 0 radical (unpaired) electrons. The van der Waals surface area contributed by atoms with Gasteiger partial charge in [0.05, 0.1) is 31.4 Å². The van der Waals surface area contributed by atoms with Crippen molar-refractivity contribution in [1.82, 2.24) is 10.6 Å². The molecule has 0 aromatic heterocycles. The molecule has 0 fully saturated rings. The fourth-order valence-electron chi connectivity index (χ4n) is 1.29. The van der Waals surface area contributed by atoms with Crippen molar-refractivity contribution in [2.75, 3.05) is 19.8 Å². The van der Waals surface area contributed by atoms with Crippen LogP contribution in [0.4, 0.5) is 0 Å².